The molecule has 0 aliphatic heterocycles. The zero-order valence-electron chi connectivity index (χ0n) is 15.0. The first kappa shape index (κ1) is 20.2. The molecule has 0 aliphatic carbocycles. The van der Waals surface area contributed by atoms with E-state index in [0.29, 0.717) is 31.0 Å². The fourth-order valence-electron chi connectivity index (χ4n) is 2.28. The summed E-state index contributed by atoms with van der Waals surface area (Å²) in [5, 5.41) is 5.88. The Labute approximate surface area is 145 Å². The highest BCUT2D eigenvalue weighted by Gasteiger charge is 2.22. The average molecular weight is 353 g/mol. The number of hydrogen-bond donors (Lipinski definition) is 2. The van der Waals surface area contributed by atoms with Gasteiger partial charge < -0.3 is 10.6 Å². The zero-order valence-corrected chi connectivity index (χ0v) is 15.8. The van der Waals surface area contributed by atoms with E-state index < -0.39 is 10.0 Å². The number of amides is 1. The van der Waals surface area contributed by atoms with Crippen LogP contribution in [0.3, 0.4) is 0 Å². The maximum absolute atomic E-state index is 12.7. The minimum atomic E-state index is -3.58. The molecule has 1 amide bonds. The SMILES string of the molecule is CCNc1ccc(S(=O)(=O)N(CC)CC)cc1NC(=O)C=C(C)C. The van der Waals surface area contributed by atoms with Crippen molar-refractivity contribution in [1.29, 1.82) is 0 Å². The molecule has 7 heteroatoms. The molecule has 0 atom stereocenters. The van der Waals surface area contributed by atoms with E-state index in [1.54, 1.807) is 26.0 Å². The number of allylic oxidation sites excluding steroid dienone is 1. The van der Waals surface area contributed by atoms with Gasteiger partial charge in [-0.2, -0.15) is 4.31 Å². The van der Waals surface area contributed by atoms with Crippen LogP contribution in [0.25, 0.3) is 0 Å². The minimum Gasteiger partial charge on any atom is -0.384 e. The van der Waals surface area contributed by atoms with Gasteiger partial charge in [-0.15, -0.1) is 0 Å². The van der Waals surface area contributed by atoms with Gasteiger partial charge in [0.05, 0.1) is 16.3 Å². The number of nitrogens with zero attached hydrogens (tertiary/aromatic N) is 1. The topological polar surface area (TPSA) is 78.5 Å². The first-order valence-electron chi connectivity index (χ1n) is 8.10. The van der Waals surface area contributed by atoms with Gasteiger partial charge in [0.15, 0.2) is 0 Å². The number of carbonyl (C=O) groups is 1. The average Bonchev–Trinajstić information content (AvgIpc) is 2.49. The summed E-state index contributed by atoms with van der Waals surface area (Å²) in [6, 6.07) is 4.74. The summed E-state index contributed by atoms with van der Waals surface area (Å²) in [5.41, 5.74) is 2.00. The van der Waals surface area contributed by atoms with Crippen molar-refractivity contribution in [3.63, 3.8) is 0 Å². The van der Waals surface area contributed by atoms with Gasteiger partial charge in [-0.3, -0.25) is 4.79 Å². The summed E-state index contributed by atoms with van der Waals surface area (Å²) < 4.78 is 26.7. The lowest BCUT2D eigenvalue weighted by Gasteiger charge is -2.20. The lowest BCUT2D eigenvalue weighted by Crippen LogP contribution is -2.30. The Morgan fingerprint density at radius 3 is 2.25 bits per heavy atom. The van der Waals surface area contributed by atoms with E-state index in [2.05, 4.69) is 10.6 Å². The van der Waals surface area contributed by atoms with E-state index in [1.807, 2.05) is 20.8 Å². The summed E-state index contributed by atoms with van der Waals surface area (Å²) in [7, 11) is -3.58. The summed E-state index contributed by atoms with van der Waals surface area (Å²) >= 11 is 0. The van der Waals surface area contributed by atoms with Crippen LogP contribution in [0.1, 0.15) is 34.6 Å². The number of nitrogens with one attached hydrogen (secondary N) is 2. The molecule has 0 spiro atoms. The van der Waals surface area contributed by atoms with Gasteiger partial charge in [0.2, 0.25) is 15.9 Å². The molecule has 0 saturated heterocycles. The van der Waals surface area contributed by atoms with Crippen LogP contribution in [0.5, 0.6) is 0 Å². The molecule has 0 unspecified atom stereocenters. The number of carbonyl (C=O) groups excluding carboxylic acids is 1. The molecule has 0 fully saturated rings. The Balaban J connectivity index is 3.30. The standard InChI is InChI=1S/C17H27N3O3S/c1-6-18-15-10-9-14(24(22,23)20(7-2)8-3)12-16(15)19-17(21)11-13(4)5/h9-12,18H,6-8H2,1-5H3,(H,19,21). The van der Waals surface area contributed by atoms with Gasteiger partial charge in [0, 0.05) is 25.7 Å². The summed E-state index contributed by atoms with van der Waals surface area (Å²) in [4.78, 5) is 12.2. The Kier molecular flexibility index (Phi) is 7.44. The Morgan fingerprint density at radius 1 is 1.12 bits per heavy atom. The summed E-state index contributed by atoms with van der Waals surface area (Å²) in [6.45, 7) is 10.6. The molecule has 24 heavy (non-hydrogen) atoms. The lowest BCUT2D eigenvalue weighted by molar-refractivity contribution is -0.111. The van der Waals surface area contributed by atoms with Crippen LogP contribution in [0.4, 0.5) is 11.4 Å². The summed E-state index contributed by atoms with van der Waals surface area (Å²) in [5.74, 6) is -0.286. The van der Waals surface area contributed by atoms with Crippen LogP contribution in [-0.2, 0) is 14.8 Å². The largest absolute Gasteiger partial charge is 0.384 e. The Morgan fingerprint density at radius 2 is 1.75 bits per heavy atom. The Hall–Kier alpha value is -1.86. The highest BCUT2D eigenvalue weighted by Crippen LogP contribution is 2.27. The van der Waals surface area contributed by atoms with Crippen molar-refractivity contribution >= 4 is 27.3 Å². The van der Waals surface area contributed by atoms with Gasteiger partial charge in [-0.1, -0.05) is 19.4 Å². The van der Waals surface area contributed by atoms with Crippen molar-refractivity contribution in [3.8, 4) is 0 Å². The molecule has 134 valence electrons. The quantitative estimate of drug-likeness (QED) is 0.704. The molecular formula is C17H27N3O3S. The highest BCUT2D eigenvalue weighted by atomic mass is 32.2. The van der Waals surface area contributed by atoms with Crippen LogP contribution < -0.4 is 10.6 Å². The van der Waals surface area contributed by atoms with Gasteiger partial charge in [0.25, 0.3) is 0 Å². The van der Waals surface area contributed by atoms with Crippen molar-refractivity contribution in [2.24, 2.45) is 0 Å². The molecule has 0 heterocycles. The van der Waals surface area contributed by atoms with E-state index in [0.717, 1.165) is 5.57 Å². The molecule has 1 rings (SSSR count). The second-order valence-electron chi connectivity index (χ2n) is 5.54. The molecule has 0 saturated carbocycles. The van der Waals surface area contributed by atoms with Crippen LogP contribution in [-0.4, -0.2) is 38.3 Å². The monoisotopic (exact) mass is 353 g/mol. The van der Waals surface area contributed by atoms with E-state index in [9.17, 15) is 13.2 Å². The molecule has 0 aliphatic rings. The third-order valence-corrected chi connectivity index (χ3v) is 5.42. The molecule has 1 aromatic rings. The second kappa shape index (κ2) is 8.84. The number of sulfonamides is 1. The van der Waals surface area contributed by atoms with Gasteiger partial charge in [-0.05, 0) is 39.0 Å². The van der Waals surface area contributed by atoms with Gasteiger partial charge >= 0.3 is 0 Å². The number of benzene rings is 1. The summed E-state index contributed by atoms with van der Waals surface area (Å²) in [6.07, 6.45) is 1.47. The molecular weight excluding hydrogens is 326 g/mol. The Bertz CT molecular complexity index is 704. The molecule has 6 nitrogen and oxygen atoms in total. The predicted octanol–water partition coefficient (Wildman–Crippen LogP) is 3.05. The maximum Gasteiger partial charge on any atom is 0.248 e. The van der Waals surface area contributed by atoms with E-state index in [1.165, 1.54) is 16.4 Å². The van der Waals surface area contributed by atoms with Crippen molar-refractivity contribution in [2.75, 3.05) is 30.3 Å². The number of anilines is 2. The molecule has 2 N–H and O–H groups in total. The third-order valence-electron chi connectivity index (χ3n) is 3.38. The maximum atomic E-state index is 12.7. The van der Waals surface area contributed by atoms with Gasteiger partial charge in [0.1, 0.15) is 0 Å². The fraction of sp³-hybridized carbons (Fsp3) is 0.471. The van der Waals surface area contributed by atoms with E-state index >= 15 is 0 Å². The van der Waals surface area contributed by atoms with E-state index in [4.69, 9.17) is 0 Å². The van der Waals surface area contributed by atoms with Gasteiger partial charge in [-0.25, -0.2) is 8.42 Å². The first-order chi connectivity index (χ1) is 11.3. The fourth-order valence-corrected chi connectivity index (χ4v) is 3.76. The minimum absolute atomic E-state index is 0.167. The number of hydrogen-bond acceptors (Lipinski definition) is 4. The van der Waals surface area contributed by atoms with Crippen molar-refractivity contribution < 1.29 is 13.2 Å². The van der Waals surface area contributed by atoms with Crippen molar-refractivity contribution in [1.82, 2.24) is 4.31 Å². The smallest absolute Gasteiger partial charge is 0.248 e. The van der Waals surface area contributed by atoms with Crippen molar-refractivity contribution in [2.45, 2.75) is 39.5 Å². The van der Waals surface area contributed by atoms with Crippen LogP contribution >= 0.6 is 0 Å². The second-order valence-corrected chi connectivity index (χ2v) is 7.48. The van der Waals surface area contributed by atoms with Crippen LogP contribution in [0.15, 0.2) is 34.7 Å². The number of rotatable bonds is 8. The predicted molar refractivity (Wildman–Crippen MR) is 98.8 cm³/mol. The normalized spacial score (nSPS) is 11.2. The van der Waals surface area contributed by atoms with Crippen molar-refractivity contribution in [3.05, 3.63) is 29.8 Å². The van der Waals surface area contributed by atoms with Crippen LogP contribution in [0, 0.1) is 0 Å². The first-order valence-corrected chi connectivity index (χ1v) is 9.54. The van der Waals surface area contributed by atoms with Crippen LogP contribution in [0.2, 0.25) is 0 Å². The lowest BCUT2D eigenvalue weighted by atomic mass is 10.2. The molecule has 0 bridgehead atoms. The third kappa shape index (κ3) is 5.07. The zero-order chi connectivity index (χ0) is 18.3. The molecule has 0 radical (unpaired) electrons. The molecule has 1 aromatic carbocycles. The highest BCUT2D eigenvalue weighted by molar-refractivity contribution is 7.89. The molecule has 0 aromatic heterocycles. The van der Waals surface area contributed by atoms with E-state index in [-0.39, 0.29) is 10.8 Å².